The highest BCUT2D eigenvalue weighted by atomic mass is 16.3. The fraction of sp³-hybridized carbons (Fsp3) is 1.00. The molecule has 0 aliphatic heterocycles. The first-order chi connectivity index (χ1) is 7.62. The zero-order valence-electron chi connectivity index (χ0n) is 11.3. The van der Waals surface area contributed by atoms with Crippen LogP contribution in [0.3, 0.4) is 0 Å². The van der Waals surface area contributed by atoms with Crippen molar-refractivity contribution in [1.29, 1.82) is 0 Å². The van der Waals surface area contributed by atoms with E-state index in [9.17, 15) is 5.11 Å². The molecule has 1 rings (SSSR count). The van der Waals surface area contributed by atoms with E-state index in [1.54, 1.807) is 0 Å². The number of rotatable bonds is 9. The SMILES string of the molecule is CCCCCCC(C)NC(C)(CO)C1CC1. The molecule has 0 aromatic rings. The van der Waals surface area contributed by atoms with E-state index in [0.717, 1.165) is 0 Å². The van der Waals surface area contributed by atoms with Gasteiger partial charge in [0.15, 0.2) is 0 Å². The summed E-state index contributed by atoms with van der Waals surface area (Å²) in [5.74, 6) is 0.704. The Kier molecular flexibility index (Phi) is 5.77. The maximum absolute atomic E-state index is 9.49. The number of unbranched alkanes of at least 4 members (excludes halogenated alkanes) is 3. The van der Waals surface area contributed by atoms with Gasteiger partial charge in [0.25, 0.3) is 0 Å². The lowest BCUT2D eigenvalue weighted by Crippen LogP contribution is -2.51. The van der Waals surface area contributed by atoms with Crippen molar-refractivity contribution in [3.05, 3.63) is 0 Å². The summed E-state index contributed by atoms with van der Waals surface area (Å²) in [4.78, 5) is 0. The standard InChI is InChI=1S/C14H29NO/c1-4-5-6-7-8-12(2)15-14(3,11-16)13-9-10-13/h12-13,15-16H,4-11H2,1-3H3. The van der Waals surface area contributed by atoms with Crippen LogP contribution >= 0.6 is 0 Å². The van der Waals surface area contributed by atoms with Gasteiger partial charge in [-0.25, -0.2) is 0 Å². The molecule has 0 radical (unpaired) electrons. The van der Waals surface area contributed by atoms with Crippen LogP contribution < -0.4 is 5.32 Å². The molecule has 0 aromatic carbocycles. The highest BCUT2D eigenvalue weighted by molar-refractivity contribution is 4.98. The van der Waals surface area contributed by atoms with Crippen molar-refractivity contribution < 1.29 is 5.11 Å². The van der Waals surface area contributed by atoms with Crippen molar-refractivity contribution in [2.75, 3.05) is 6.61 Å². The molecule has 2 N–H and O–H groups in total. The third-order valence-electron chi connectivity index (χ3n) is 3.87. The first-order valence-electron chi connectivity index (χ1n) is 7.01. The number of hydrogen-bond acceptors (Lipinski definition) is 2. The fourth-order valence-corrected chi connectivity index (χ4v) is 2.53. The van der Waals surface area contributed by atoms with E-state index in [2.05, 4.69) is 26.1 Å². The van der Waals surface area contributed by atoms with Crippen LogP contribution in [0, 0.1) is 5.92 Å². The van der Waals surface area contributed by atoms with Gasteiger partial charge in [-0.2, -0.15) is 0 Å². The lowest BCUT2D eigenvalue weighted by atomic mass is 9.95. The molecular formula is C14H29NO. The summed E-state index contributed by atoms with van der Waals surface area (Å²) in [5, 5.41) is 13.1. The van der Waals surface area contributed by atoms with E-state index in [0.29, 0.717) is 12.0 Å². The van der Waals surface area contributed by atoms with Gasteiger partial charge in [0.2, 0.25) is 0 Å². The summed E-state index contributed by atoms with van der Waals surface area (Å²) in [7, 11) is 0. The highest BCUT2D eigenvalue weighted by Gasteiger charge is 2.41. The molecule has 1 saturated carbocycles. The Morgan fingerprint density at radius 2 is 2.00 bits per heavy atom. The van der Waals surface area contributed by atoms with Gasteiger partial charge in [-0.1, -0.05) is 32.6 Å². The molecular weight excluding hydrogens is 198 g/mol. The van der Waals surface area contributed by atoms with Gasteiger partial charge >= 0.3 is 0 Å². The predicted molar refractivity (Wildman–Crippen MR) is 69.6 cm³/mol. The zero-order chi connectivity index (χ0) is 12.0. The molecule has 0 saturated heterocycles. The summed E-state index contributed by atoms with van der Waals surface area (Å²) in [6, 6.07) is 0.537. The van der Waals surface area contributed by atoms with Crippen LogP contribution in [0.15, 0.2) is 0 Å². The van der Waals surface area contributed by atoms with Crippen LogP contribution in [0.1, 0.15) is 65.7 Å². The van der Waals surface area contributed by atoms with Gasteiger partial charge in [-0.3, -0.25) is 0 Å². The third-order valence-corrected chi connectivity index (χ3v) is 3.87. The summed E-state index contributed by atoms with van der Waals surface area (Å²) in [6.07, 6.45) is 9.13. The summed E-state index contributed by atoms with van der Waals surface area (Å²) in [6.45, 7) is 6.95. The monoisotopic (exact) mass is 227 g/mol. The van der Waals surface area contributed by atoms with E-state index in [1.807, 2.05) is 0 Å². The molecule has 16 heavy (non-hydrogen) atoms. The summed E-state index contributed by atoms with van der Waals surface area (Å²) in [5.41, 5.74) is -0.0236. The molecule has 2 nitrogen and oxygen atoms in total. The highest BCUT2D eigenvalue weighted by Crippen LogP contribution is 2.39. The van der Waals surface area contributed by atoms with Crippen molar-refractivity contribution in [1.82, 2.24) is 5.32 Å². The fourth-order valence-electron chi connectivity index (χ4n) is 2.53. The van der Waals surface area contributed by atoms with Crippen LogP contribution in [-0.4, -0.2) is 23.3 Å². The van der Waals surface area contributed by atoms with E-state index < -0.39 is 0 Å². The second-order valence-electron chi connectivity index (χ2n) is 5.74. The molecule has 2 atom stereocenters. The Balaban J connectivity index is 2.18. The Morgan fingerprint density at radius 3 is 2.50 bits per heavy atom. The van der Waals surface area contributed by atoms with Crippen LogP contribution in [-0.2, 0) is 0 Å². The van der Waals surface area contributed by atoms with Gasteiger partial charge < -0.3 is 10.4 Å². The van der Waals surface area contributed by atoms with Crippen molar-refractivity contribution in [2.45, 2.75) is 77.3 Å². The number of hydrogen-bond donors (Lipinski definition) is 2. The van der Waals surface area contributed by atoms with Crippen molar-refractivity contribution >= 4 is 0 Å². The number of nitrogens with one attached hydrogen (secondary N) is 1. The molecule has 0 amide bonds. The van der Waals surface area contributed by atoms with Crippen LogP contribution in [0.25, 0.3) is 0 Å². The average Bonchev–Trinajstić information content (AvgIpc) is 3.08. The average molecular weight is 227 g/mol. The zero-order valence-corrected chi connectivity index (χ0v) is 11.3. The summed E-state index contributed by atoms with van der Waals surface area (Å²) < 4.78 is 0. The smallest absolute Gasteiger partial charge is 0.0613 e. The van der Waals surface area contributed by atoms with Gasteiger partial charge in [-0.05, 0) is 39.0 Å². The Hall–Kier alpha value is -0.0800. The first kappa shape index (κ1) is 14.0. The Morgan fingerprint density at radius 1 is 1.31 bits per heavy atom. The van der Waals surface area contributed by atoms with E-state index >= 15 is 0 Å². The minimum absolute atomic E-state index is 0.0236. The van der Waals surface area contributed by atoms with E-state index in [4.69, 9.17) is 0 Å². The molecule has 0 heterocycles. The summed E-state index contributed by atoms with van der Waals surface area (Å²) >= 11 is 0. The Bertz CT molecular complexity index is 191. The molecule has 0 spiro atoms. The molecule has 1 fully saturated rings. The maximum atomic E-state index is 9.49. The molecule has 2 heteroatoms. The number of aliphatic hydroxyl groups is 1. The predicted octanol–water partition coefficient (Wildman–Crippen LogP) is 3.10. The lowest BCUT2D eigenvalue weighted by molar-refractivity contribution is 0.141. The largest absolute Gasteiger partial charge is 0.394 e. The quantitative estimate of drug-likeness (QED) is 0.593. The molecule has 2 unspecified atom stereocenters. The van der Waals surface area contributed by atoms with Gasteiger partial charge in [0, 0.05) is 11.6 Å². The Labute approximate surface area is 101 Å². The van der Waals surface area contributed by atoms with Crippen molar-refractivity contribution in [3.8, 4) is 0 Å². The van der Waals surface area contributed by atoms with Crippen LogP contribution in [0.5, 0.6) is 0 Å². The molecule has 96 valence electrons. The molecule has 1 aliphatic carbocycles. The van der Waals surface area contributed by atoms with E-state index in [-0.39, 0.29) is 12.1 Å². The molecule has 1 aliphatic rings. The van der Waals surface area contributed by atoms with Gasteiger partial charge in [-0.15, -0.1) is 0 Å². The van der Waals surface area contributed by atoms with Crippen molar-refractivity contribution in [3.63, 3.8) is 0 Å². The normalized spacial score (nSPS) is 21.8. The molecule has 0 aromatic heterocycles. The minimum Gasteiger partial charge on any atom is -0.394 e. The second kappa shape index (κ2) is 6.61. The van der Waals surface area contributed by atoms with Gasteiger partial charge in [0.05, 0.1) is 6.61 Å². The van der Waals surface area contributed by atoms with Gasteiger partial charge in [0.1, 0.15) is 0 Å². The van der Waals surface area contributed by atoms with E-state index in [1.165, 1.54) is 44.9 Å². The molecule has 0 bridgehead atoms. The maximum Gasteiger partial charge on any atom is 0.0613 e. The first-order valence-corrected chi connectivity index (χ1v) is 7.01. The second-order valence-corrected chi connectivity index (χ2v) is 5.74. The minimum atomic E-state index is -0.0236. The lowest BCUT2D eigenvalue weighted by Gasteiger charge is -2.32. The van der Waals surface area contributed by atoms with Crippen LogP contribution in [0.2, 0.25) is 0 Å². The van der Waals surface area contributed by atoms with Crippen molar-refractivity contribution in [2.24, 2.45) is 5.92 Å². The third kappa shape index (κ3) is 4.42. The van der Waals surface area contributed by atoms with Crippen LogP contribution in [0.4, 0.5) is 0 Å². The topological polar surface area (TPSA) is 32.3 Å². The number of aliphatic hydroxyl groups excluding tert-OH is 1.